The average molecular weight is 384 g/mol. The van der Waals surface area contributed by atoms with Crippen LogP contribution in [0.4, 0.5) is 11.4 Å². The first-order valence-corrected chi connectivity index (χ1v) is 8.67. The molecule has 7 nitrogen and oxygen atoms in total. The van der Waals surface area contributed by atoms with E-state index < -0.39 is 11.8 Å². The predicted octanol–water partition coefficient (Wildman–Crippen LogP) is 3.66. The normalized spacial score (nSPS) is 9.93. The molecule has 0 aliphatic carbocycles. The van der Waals surface area contributed by atoms with Gasteiger partial charge in [0.15, 0.2) is 5.78 Å². The van der Waals surface area contributed by atoms with Crippen LogP contribution in [-0.2, 0) is 0 Å². The Morgan fingerprint density at radius 1 is 0.828 bits per heavy atom. The molecule has 0 radical (unpaired) electrons. The van der Waals surface area contributed by atoms with Crippen LogP contribution in [-0.4, -0.2) is 22.6 Å². The number of Topliss-reactive ketones (excluding diaryl/α,β-unsaturated/α-hetero) is 1. The molecule has 0 saturated carbocycles. The van der Waals surface area contributed by atoms with E-state index in [0.29, 0.717) is 22.5 Å². The van der Waals surface area contributed by atoms with E-state index in [1.54, 1.807) is 54.6 Å². The fourth-order valence-electron chi connectivity index (χ4n) is 2.53. The minimum Gasteiger partial charge on any atom is -0.321 e. The van der Waals surface area contributed by atoms with Gasteiger partial charge in [0.25, 0.3) is 11.8 Å². The lowest BCUT2D eigenvalue weighted by atomic mass is 10.1. The average Bonchev–Trinajstić information content (AvgIpc) is 2.74. The van der Waals surface area contributed by atoms with Crippen molar-refractivity contribution in [2.75, 3.05) is 10.6 Å². The number of pyridine rings is 1. The SMILES string of the molecule is CC(=O)c1ccc(NC(=O)c2cccc(C(=O)Nc3cccc(C#N)c3)n2)cc1. The van der Waals surface area contributed by atoms with Crippen molar-refractivity contribution in [2.24, 2.45) is 0 Å². The highest BCUT2D eigenvalue weighted by Gasteiger charge is 2.13. The molecule has 0 bridgehead atoms. The third kappa shape index (κ3) is 4.90. The molecular formula is C22H16N4O3. The molecule has 0 unspecified atom stereocenters. The molecule has 0 spiro atoms. The van der Waals surface area contributed by atoms with Gasteiger partial charge >= 0.3 is 0 Å². The summed E-state index contributed by atoms with van der Waals surface area (Å²) in [7, 11) is 0. The van der Waals surface area contributed by atoms with Crippen molar-refractivity contribution in [1.82, 2.24) is 4.98 Å². The Balaban J connectivity index is 1.72. The summed E-state index contributed by atoms with van der Waals surface area (Å²) in [6.07, 6.45) is 0. The summed E-state index contributed by atoms with van der Waals surface area (Å²) >= 11 is 0. The Morgan fingerprint density at radius 3 is 2.00 bits per heavy atom. The third-order valence-electron chi connectivity index (χ3n) is 4.01. The molecule has 0 saturated heterocycles. The maximum absolute atomic E-state index is 12.4. The number of nitriles is 1. The second-order valence-corrected chi connectivity index (χ2v) is 6.14. The summed E-state index contributed by atoms with van der Waals surface area (Å²) < 4.78 is 0. The fourth-order valence-corrected chi connectivity index (χ4v) is 2.53. The van der Waals surface area contributed by atoms with E-state index in [0.717, 1.165) is 0 Å². The molecule has 29 heavy (non-hydrogen) atoms. The molecule has 1 heterocycles. The molecule has 3 aromatic rings. The van der Waals surface area contributed by atoms with Crippen molar-refractivity contribution in [3.8, 4) is 6.07 Å². The van der Waals surface area contributed by atoms with E-state index in [1.807, 2.05) is 6.07 Å². The largest absolute Gasteiger partial charge is 0.321 e. The first-order valence-electron chi connectivity index (χ1n) is 8.67. The Hall–Kier alpha value is -4.31. The van der Waals surface area contributed by atoms with Crippen LogP contribution >= 0.6 is 0 Å². The van der Waals surface area contributed by atoms with E-state index in [4.69, 9.17) is 5.26 Å². The first kappa shape index (κ1) is 19.5. The van der Waals surface area contributed by atoms with Gasteiger partial charge in [0.1, 0.15) is 11.4 Å². The molecule has 0 atom stereocenters. The molecule has 2 N–H and O–H groups in total. The number of carbonyl (C=O) groups is 3. The van der Waals surface area contributed by atoms with Crippen molar-refractivity contribution in [3.63, 3.8) is 0 Å². The molecule has 0 aliphatic rings. The summed E-state index contributed by atoms with van der Waals surface area (Å²) in [5.41, 5.74) is 2.05. The topological polar surface area (TPSA) is 112 Å². The van der Waals surface area contributed by atoms with Gasteiger partial charge in [-0.15, -0.1) is 0 Å². The molecule has 142 valence electrons. The van der Waals surface area contributed by atoms with Crippen molar-refractivity contribution in [1.29, 1.82) is 5.26 Å². The van der Waals surface area contributed by atoms with Crippen molar-refractivity contribution in [3.05, 3.63) is 89.2 Å². The van der Waals surface area contributed by atoms with Crippen molar-refractivity contribution < 1.29 is 14.4 Å². The van der Waals surface area contributed by atoms with E-state index in [9.17, 15) is 14.4 Å². The molecule has 2 amide bonds. The number of ketones is 1. The Labute approximate surface area is 167 Å². The quantitative estimate of drug-likeness (QED) is 0.652. The highest BCUT2D eigenvalue weighted by atomic mass is 16.2. The van der Waals surface area contributed by atoms with Gasteiger partial charge in [-0.05, 0) is 61.5 Å². The summed E-state index contributed by atoms with van der Waals surface area (Å²) in [6.45, 7) is 1.46. The van der Waals surface area contributed by atoms with Crippen LogP contribution < -0.4 is 10.6 Å². The third-order valence-corrected chi connectivity index (χ3v) is 4.01. The smallest absolute Gasteiger partial charge is 0.274 e. The molecule has 0 aliphatic heterocycles. The van der Waals surface area contributed by atoms with Gasteiger partial charge in [-0.25, -0.2) is 4.98 Å². The lowest BCUT2D eigenvalue weighted by molar-refractivity contribution is 0.100. The zero-order chi connectivity index (χ0) is 20.8. The lowest BCUT2D eigenvalue weighted by Crippen LogP contribution is -2.18. The monoisotopic (exact) mass is 384 g/mol. The van der Waals surface area contributed by atoms with Crippen LogP contribution in [0.1, 0.15) is 43.8 Å². The van der Waals surface area contributed by atoms with Gasteiger partial charge in [0.2, 0.25) is 0 Å². The predicted molar refractivity (Wildman–Crippen MR) is 108 cm³/mol. The number of hydrogen-bond acceptors (Lipinski definition) is 5. The highest BCUT2D eigenvalue weighted by Crippen LogP contribution is 2.13. The summed E-state index contributed by atoms with van der Waals surface area (Å²) in [4.78, 5) is 40.3. The Bertz CT molecular complexity index is 1130. The van der Waals surface area contributed by atoms with E-state index in [-0.39, 0.29) is 17.2 Å². The van der Waals surface area contributed by atoms with Crippen molar-refractivity contribution in [2.45, 2.75) is 6.92 Å². The van der Waals surface area contributed by atoms with Crippen LogP contribution in [0.5, 0.6) is 0 Å². The summed E-state index contributed by atoms with van der Waals surface area (Å²) in [6, 6.07) is 19.5. The molecule has 0 fully saturated rings. The van der Waals surface area contributed by atoms with Crippen LogP contribution in [0, 0.1) is 11.3 Å². The number of rotatable bonds is 5. The van der Waals surface area contributed by atoms with Gasteiger partial charge in [0, 0.05) is 16.9 Å². The number of carbonyl (C=O) groups excluding carboxylic acids is 3. The van der Waals surface area contributed by atoms with E-state index >= 15 is 0 Å². The molecule has 2 aromatic carbocycles. The summed E-state index contributed by atoms with van der Waals surface area (Å²) in [5, 5.41) is 14.3. The van der Waals surface area contributed by atoms with Gasteiger partial charge < -0.3 is 10.6 Å². The van der Waals surface area contributed by atoms with Crippen molar-refractivity contribution >= 4 is 29.0 Å². The second kappa shape index (κ2) is 8.59. The van der Waals surface area contributed by atoms with E-state index in [2.05, 4.69) is 15.6 Å². The van der Waals surface area contributed by atoms with Gasteiger partial charge in [-0.3, -0.25) is 14.4 Å². The zero-order valence-corrected chi connectivity index (χ0v) is 15.5. The number of anilines is 2. The first-order chi connectivity index (χ1) is 14.0. The number of benzene rings is 2. The molecule has 1 aromatic heterocycles. The van der Waals surface area contributed by atoms with Crippen LogP contribution in [0.3, 0.4) is 0 Å². The van der Waals surface area contributed by atoms with Crippen LogP contribution in [0.15, 0.2) is 66.7 Å². The molecular weight excluding hydrogens is 368 g/mol. The Kier molecular flexibility index (Phi) is 5.76. The minimum absolute atomic E-state index is 0.0620. The number of nitrogens with zero attached hydrogens (tertiary/aromatic N) is 2. The lowest BCUT2D eigenvalue weighted by Gasteiger charge is -2.08. The number of aromatic nitrogens is 1. The standard InChI is InChI=1S/C22H16N4O3/c1-14(27)16-8-10-17(11-9-16)24-21(28)19-6-3-7-20(26-19)22(29)25-18-5-2-4-15(12-18)13-23/h2-12H,1H3,(H,24,28)(H,25,29). The number of amides is 2. The Morgan fingerprint density at radius 2 is 1.41 bits per heavy atom. The van der Waals surface area contributed by atoms with Crippen LogP contribution in [0.2, 0.25) is 0 Å². The minimum atomic E-state index is -0.499. The van der Waals surface area contributed by atoms with Gasteiger partial charge in [-0.2, -0.15) is 5.26 Å². The van der Waals surface area contributed by atoms with Gasteiger partial charge in [-0.1, -0.05) is 12.1 Å². The second-order valence-electron chi connectivity index (χ2n) is 6.14. The molecule has 7 heteroatoms. The van der Waals surface area contributed by atoms with Crippen LogP contribution in [0.25, 0.3) is 0 Å². The maximum atomic E-state index is 12.4. The zero-order valence-electron chi connectivity index (χ0n) is 15.5. The number of nitrogens with one attached hydrogen (secondary N) is 2. The summed E-state index contributed by atoms with van der Waals surface area (Å²) in [5.74, 6) is -1.05. The van der Waals surface area contributed by atoms with E-state index in [1.165, 1.54) is 19.1 Å². The number of hydrogen-bond donors (Lipinski definition) is 2. The fraction of sp³-hybridized carbons (Fsp3) is 0.0455. The molecule has 3 rings (SSSR count). The van der Waals surface area contributed by atoms with Gasteiger partial charge in [0.05, 0.1) is 11.6 Å². The highest BCUT2D eigenvalue weighted by molar-refractivity contribution is 6.06. The maximum Gasteiger partial charge on any atom is 0.274 e.